The maximum atomic E-state index is 6.87. The van der Waals surface area contributed by atoms with E-state index in [0.717, 1.165) is 97.1 Å². The van der Waals surface area contributed by atoms with Crippen LogP contribution in [0.2, 0.25) is 0 Å². The number of benzene rings is 5. The molecule has 1 unspecified atom stereocenters. The quantitative estimate of drug-likeness (QED) is 0.185. The molecule has 2 aliphatic carbocycles. The van der Waals surface area contributed by atoms with Gasteiger partial charge in [0.2, 0.25) is 0 Å². The number of aryl methyl sites for hydroxylation is 2. The fourth-order valence-electron chi connectivity index (χ4n) is 9.03. The third-order valence-electron chi connectivity index (χ3n) is 11.4. The van der Waals surface area contributed by atoms with Gasteiger partial charge in [-0.05, 0) is 79.8 Å². The topological polar surface area (TPSA) is 44.1 Å². The summed E-state index contributed by atoms with van der Waals surface area (Å²) in [5.74, 6) is 1.28. The minimum Gasteiger partial charge on any atom is -0.456 e. The Morgan fingerprint density at radius 3 is 2.34 bits per heavy atom. The van der Waals surface area contributed by atoms with E-state index in [4.69, 9.17) is 13.8 Å². The summed E-state index contributed by atoms with van der Waals surface area (Å²) in [5, 5.41) is 5.83. The van der Waals surface area contributed by atoms with Crippen molar-refractivity contribution in [1.29, 1.82) is 0 Å². The molecule has 0 fully saturated rings. The van der Waals surface area contributed by atoms with Gasteiger partial charge in [0.05, 0.1) is 16.7 Å². The number of hydrogen-bond donors (Lipinski definition) is 0. The van der Waals surface area contributed by atoms with E-state index in [1.807, 2.05) is 12.3 Å². The molecule has 0 saturated carbocycles. The fraction of sp³-hybridized carbons (Fsp3) is 0.122. The van der Waals surface area contributed by atoms with Gasteiger partial charge in [-0.1, -0.05) is 97.9 Å². The number of para-hydroxylation sites is 4. The van der Waals surface area contributed by atoms with Gasteiger partial charge in [-0.2, -0.15) is 0 Å². The summed E-state index contributed by atoms with van der Waals surface area (Å²) < 4.78 is 16.2. The number of nitrogens with zero attached hydrogens (tertiary/aromatic N) is 2. The monoisotopic (exact) mass is 684 g/mol. The van der Waals surface area contributed by atoms with Gasteiger partial charge in [0.25, 0.3) is 0 Å². The van der Waals surface area contributed by atoms with E-state index < -0.39 is 0 Å². The SMILES string of the molecule is Cc1ccnc(-c2c(C3=CCCc4c3oc3ccccc43)cc3c4ccccc4n(C4=CC=CCC4C)c3c2-c2cccc3c2oc2ccccc23)c1. The van der Waals surface area contributed by atoms with Crippen molar-refractivity contribution in [3.05, 3.63) is 162 Å². The maximum Gasteiger partial charge on any atom is 0.143 e. The summed E-state index contributed by atoms with van der Waals surface area (Å²) in [6.07, 6.45) is 14.0. The van der Waals surface area contributed by atoms with Crippen LogP contribution < -0.4 is 0 Å². The van der Waals surface area contributed by atoms with Gasteiger partial charge in [-0.25, -0.2) is 0 Å². The van der Waals surface area contributed by atoms with Crippen molar-refractivity contribution < 1.29 is 8.83 Å². The molecule has 4 heteroatoms. The zero-order chi connectivity index (χ0) is 35.2. The van der Waals surface area contributed by atoms with Gasteiger partial charge in [-0.3, -0.25) is 4.98 Å². The molecular formula is C49H36N2O2. The number of pyridine rings is 1. The molecule has 4 aromatic heterocycles. The van der Waals surface area contributed by atoms with Crippen LogP contribution in [0.3, 0.4) is 0 Å². The van der Waals surface area contributed by atoms with Crippen molar-refractivity contribution in [3.8, 4) is 22.4 Å². The molecule has 2 aliphatic rings. The first-order valence-corrected chi connectivity index (χ1v) is 18.7. The molecule has 9 aromatic rings. The van der Waals surface area contributed by atoms with Crippen molar-refractivity contribution in [1.82, 2.24) is 9.55 Å². The lowest BCUT2D eigenvalue weighted by molar-refractivity contribution is 0.591. The smallest absolute Gasteiger partial charge is 0.143 e. The number of furan rings is 2. The second-order valence-electron chi connectivity index (χ2n) is 14.6. The minimum atomic E-state index is 0.327. The molecule has 0 bridgehead atoms. The molecule has 0 amide bonds. The standard InChI is InChI=1S/C49H36N2O2/c1-29-25-26-50-40(27-29)45-38(36-19-11-17-34-32-15-5-9-23-43(32)52-48(34)36)28-39-31-14-4-8-22-42(31)51(41-21-7-3-13-30(41)2)47(39)46(45)37-20-12-18-35-33-16-6-10-24-44(33)53-49(35)37/h3-10,12,14-16,18-28,30H,11,13,17H2,1-2H3. The van der Waals surface area contributed by atoms with E-state index in [0.29, 0.717) is 5.92 Å². The molecule has 5 aromatic carbocycles. The van der Waals surface area contributed by atoms with Crippen LogP contribution >= 0.6 is 0 Å². The highest BCUT2D eigenvalue weighted by Crippen LogP contribution is 2.52. The molecule has 0 N–H and O–H groups in total. The first-order valence-electron chi connectivity index (χ1n) is 18.7. The van der Waals surface area contributed by atoms with Crippen LogP contribution in [-0.4, -0.2) is 9.55 Å². The van der Waals surface area contributed by atoms with Gasteiger partial charge >= 0.3 is 0 Å². The molecular weight excluding hydrogens is 649 g/mol. The third-order valence-corrected chi connectivity index (χ3v) is 11.4. The maximum absolute atomic E-state index is 6.87. The Labute approximate surface area is 307 Å². The first-order chi connectivity index (χ1) is 26.1. The van der Waals surface area contributed by atoms with Gasteiger partial charge in [0.15, 0.2) is 0 Å². The van der Waals surface area contributed by atoms with Crippen molar-refractivity contribution in [2.75, 3.05) is 0 Å². The molecule has 1 atom stereocenters. The van der Waals surface area contributed by atoms with Gasteiger partial charge < -0.3 is 13.4 Å². The predicted octanol–water partition coefficient (Wildman–Crippen LogP) is 13.3. The van der Waals surface area contributed by atoms with E-state index in [1.54, 1.807) is 0 Å². The summed E-state index contributed by atoms with van der Waals surface area (Å²) in [6, 6.07) is 39.1. The number of fused-ring (bicyclic) bond motifs is 9. The fourth-order valence-corrected chi connectivity index (χ4v) is 9.03. The second-order valence-corrected chi connectivity index (χ2v) is 14.6. The summed E-state index contributed by atoms with van der Waals surface area (Å²) >= 11 is 0. The highest BCUT2D eigenvalue weighted by molar-refractivity contribution is 6.22. The summed E-state index contributed by atoms with van der Waals surface area (Å²) in [5.41, 5.74) is 15.2. The molecule has 53 heavy (non-hydrogen) atoms. The average molecular weight is 685 g/mol. The van der Waals surface area contributed by atoms with Gasteiger partial charge in [-0.15, -0.1) is 0 Å². The van der Waals surface area contributed by atoms with Crippen LogP contribution in [-0.2, 0) is 6.42 Å². The van der Waals surface area contributed by atoms with E-state index >= 15 is 0 Å². The largest absolute Gasteiger partial charge is 0.456 e. The Morgan fingerprint density at radius 1 is 0.717 bits per heavy atom. The van der Waals surface area contributed by atoms with Crippen LogP contribution in [0.1, 0.15) is 42.2 Å². The lowest BCUT2D eigenvalue weighted by Crippen LogP contribution is -2.09. The van der Waals surface area contributed by atoms with Gasteiger partial charge in [0.1, 0.15) is 22.5 Å². The minimum absolute atomic E-state index is 0.327. The second kappa shape index (κ2) is 11.6. The summed E-state index contributed by atoms with van der Waals surface area (Å²) in [6.45, 7) is 4.49. The highest BCUT2D eigenvalue weighted by Gasteiger charge is 2.31. The Morgan fingerprint density at radius 2 is 1.49 bits per heavy atom. The van der Waals surface area contributed by atoms with Gasteiger partial charge in [0, 0.05) is 72.6 Å². The molecule has 254 valence electrons. The Bertz CT molecular complexity index is 3070. The molecule has 0 aliphatic heterocycles. The molecule has 0 spiro atoms. The molecule has 4 nitrogen and oxygen atoms in total. The number of aromatic nitrogens is 2. The molecule has 0 radical (unpaired) electrons. The Kier molecular flexibility index (Phi) is 6.60. The molecule has 4 heterocycles. The third kappa shape index (κ3) is 4.45. The van der Waals surface area contributed by atoms with Crippen LogP contribution in [0, 0.1) is 12.8 Å². The number of allylic oxidation sites excluding steroid dienone is 5. The number of rotatable bonds is 4. The van der Waals surface area contributed by atoms with E-state index in [-0.39, 0.29) is 0 Å². The first kappa shape index (κ1) is 30.3. The van der Waals surface area contributed by atoms with Crippen LogP contribution in [0.15, 0.2) is 149 Å². The average Bonchev–Trinajstić information content (AvgIpc) is 3.87. The normalized spacial score (nSPS) is 15.8. The van der Waals surface area contributed by atoms with Crippen LogP contribution in [0.25, 0.3) is 88.4 Å². The van der Waals surface area contributed by atoms with Crippen molar-refractivity contribution >= 4 is 66.0 Å². The van der Waals surface area contributed by atoms with Crippen LogP contribution in [0.4, 0.5) is 0 Å². The predicted molar refractivity (Wildman–Crippen MR) is 219 cm³/mol. The number of hydrogen-bond acceptors (Lipinski definition) is 3. The van der Waals surface area contributed by atoms with Crippen molar-refractivity contribution in [3.63, 3.8) is 0 Å². The van der Waals surface area contributed by atoms with Crippen molar-refractivity contribution in [2.45, 2.75) is 33.1 Å². The molecule has 11 rings (SSSR count). The van der Waals surface area contributed by atoms with Crippen LogP contribution in [0.5, 0.6) is 0 Å². The van der Waals surface area contributed by atoms with Crippen molar-refractivity contribution in [2.24, 2.45) is 5.92 Å². The lowest BCUT2D eigenvalue weighted by atomic mass is 9.83. The van der Waals surface area contributed by atoms with E-state index in [9.17, 15) is 0 Å². The van der Waals surface area contributed by atoms with E-state index in [2.05, 4.69) is 146 Å². The van der Waals surface area contributed by atoms with E-state index in [1.165, 1.54) is 32.9 Å². The highest BCUT2D eigenvalue weighted by atomic mass is 16.3. The Hall–Kier alpha value is -6.39. The Balaban J connectivity index is 1.38. The summed E-state index contributed by atoms with van der Waals surface area (Å²) in [4.78, 5) is 5.17. The lowest BCUT2D eigenvalue weighted by Gasteiger charge is -2.24. The molecule has 0 saturated heterocycles. The zero-order valence-corrected chi connectivity index (χ0v) is 29.7. The summed E-state index contributed by atoms with van der Waals surface area (Å²) in [7, 11) is 0. The zero-order valence-electron chi connectivity index (χ0n) is 29.7.